The van der Waals surface area contributed by atoms with E-state index < -0.39 is 40.3 Å². The molecule has 222 valence electrons. The van der Waals surface area contributed by atoms with Crippen LogP contribution in [0.2, 0.25) is 0 Å². The van der Waals surface area contributed by atoms with Crippen molar-refractivity contribution < 1.29 is 26.7 Å². The highest BCUT2D eigenvalue weighted by Gasteiger charge is 2.36. The first-order valence-corrected chi connectivity index (χ1v) is 13.6. The summed E-state index contributed by atoms with van der Waals surface area (Å²) >= 11 is 0. The summed E-state index contributed by atoms with van der Waals surface area (Å²) in [6.45, 7) is 8.99. The van der Waals surface area contributed by atoms with Crippen LogP contribution in [0, 0.1) is 40.4 Å². The Morgan fingerprint density at radius 3 is 2.44 bits per heavy atom. The third-order valence-corrected chi connectivity index (χ3v) is 6.95. The third-order valence-electron chi connectivity index (χ3n) is 6.95. The van der Waals surface area contributed by atoms with Crippen LogP contribution < -0.4 is 4.74 Å². The summed E-state index contributed by atoms with van der Waals surface area (Å²) in [5.74, 6) is -6.36. The lowest BCUT2D eigenvalue weighted by atomic mass is 9.76. The van der Waals surface area contributed by atoms with Gasteiger partial charge in [-0.15, -0.1) is 6.58 Å². The quantitative estimate of drug-likeness (QED) is 0.107. The number of aromatic amines is 2. The maximum atomic E-state index is 14.9. The Labute approximate surface area is 245 Å². The lowest BCUT2D eigenvalue weighted by Crippen LogP contribution is -2.26. The Bertz CT molecular complexity index is 1820. The van der Waals surface area contributed by atoms with E-state index in [9.17, 15) is 27.2 Å². The Morgan fingerprint density at radius 1 is 1.02 bits per heavy atom. The van der Waals surface area contributed by atoms with Crippen molar-refractivity contribution in [3.05, 3.63) is 113 Å². The molecule has 10 heteroatoms. The van der Waals surface area contributed by atoms with E-state index >= 15 is 0 Å². The first-order valence-electron chi connectivity index (χ1n) is 13.6. The van der Waals surface area contributed by atoms with Crippen molar-refractivity contribution in [1.29, 1.82) is 5.26 Å². The minimum Gasteiger partial charge on any atom is -0.451 e. The normalized spacial score (nSPS) is 12.3. The number of fused-ring (bicyclic) bond motifs is 1. The van der Waals surface area contributed by atoms with Gasteiger partial charge in [0, 0.05) is 11.6 Å². The zero-order chi connectivity index (χ0) is 31.3. The molecule has 0 aliphatic carbocycles. The number of H-pyrrole nitrogens is 2. The lowest BCUT2D eigenvalue weighted by Gasteiger charge is -2.25. The fourth-order valence-electron chi connectivity index (χ4n) is 4.88. The van der Waals surface area contributed by atoms with Crippen molar-refractivity contribution in [2.75, 3.05) is 0 Å². The van der Waals surface area contributed by atoms with Crippen molar-refractivity contribution in [3.63, 3.8) is 0 Å². The first kappa shape index (κ1) is 31.0. The fourth-order valence-corrected chi connectivity index (χ4v) is 4.88. The van der Waals surface area contributed by atoms with E-state index in [0.29, 0.717) is 17.7 Å². The molecule has 0 fully saturated rings. The van der Waals surface area contributed by atoms with Crippen LogP contribution in [0.5, 0.6) is 11.5 Å². The molecular weight excluding hydrogens is 563 g/mol. The highest BCUT2D eigenvalue weighted by Crippen LogP contribution is 2.39. The van der Waals surface area contributed by atoms with Gasteiger partial charge in [-0.1, -0.05) is 32.4 Å². The van der Waals surface area contributed by atoms with Gasteiger partial charge in [-0.3, -0.25) is 0 Å². The second-order valence-electron chi connectivity index (χ2n) is 9.80. The van der Waals surface area contributed by atoms with Gasteiger partial charge < -0.3 is 14.7 Å². The smallest absolute Gasteiger partial charge is 0.206 e. The topological polar surface area (TPSA) is 77.5 Å². The molecule has 2 aromatic heterocycles. The van der Waals surface area contributed by atoms with E-state index in [1.807, 2.05) is 13.8 Å². The number of hydrogen-bond acceptors (Lipinski definition) is 3. The summed E-state index contributed by atoms with van der Waals surface area (Å²) in [6.07, 6.45) is 6.06. The summed E-state index contributed by atoms with van der Waals surface area (Å²) in [5.41, 5.74) is -0.292. The SMILES string of the molecule is C=CC.CCCc1cc(F)cc(C(C#N)(CC)c2cnc(-c3cc(Oc4c(F)c(F)c5[nH]ccc5c4F)ccc3F)[nH]2)c1. The molecule has 1 atom stereocenters. The zero-order valence-electron chi connectivity index (χ0n) is 23.8. The number of halogens is 5. The average molecular weight is 593 g/mol. The number of nitrogens with one attached hydrogen (secondary N) is 2. The van der Waals surface area contributed by atoms with Crippen molar-refractivity contribution >= 4 is 10.9 Å². The molecule has 2 heterocycles. The zero-order valence-corrected chi connectivity index (χ0v) is 23.8. The standard InChI is InChI=1S/C30H23F5N4O.C3H6/c1-3-5-16-10-17(12-18(31)11-16)30(4-2,15-36)23-14-38-29(39-23)21-13-19(6-7-22(21)32)40-28-24(33)20-8-9-37-27(20)25(34)26(28)35;1-3-2/h6-14,37H,3-5H2,1-2H3,(H,38,39);3H,1H2,2H3. The maximum Gasteiger partial charge on any atom is 0.206 e. The number of allylic oxidation sites excluding steroid dienone is 1. The van der Waals surface area contributed by atoms with Crippen molar-refractivity contribution in [2.45, 2.75) is 45.4 Å². The van der Waals surface area contributed by atoms with Crippen LogP contribution in [0.3, 0.4) is 0 Å². The molecule has 0 aliphatic rings. The summed E-state index contributed by atoms with van der Waals surface area (Å²) in [7, 11) is 0. The van der Waals surface area contributed by atoms with E-state index in [-0.39, 0.29) is 34.5 Å². The van der Waals surface area contributed by atoms with Crippen LogP contribution in [0.4, 0.5) is 22.0 Å². The fraction of sp³-hybridized carbons (Fsp3) is 0.212. The number of rotatable bonds is 8. The molecule has 0 saturated heterocycles. The number of benzene rings is 3. The van der Waals surface area contributed by atoms with Gasteiger partial charge in [-0.2, -0.15) is 9.65 Å². The van der Waals surface area contributed by atoms with Crippen LogP contribution >= 0.6 is 0 Å². The Kier molecular flexibility index (Phi) is 9.34. The lowest BCUT2D eigenvalue weighted by molar-refractivity contribution is 0.392. The van der Waals surface area contributed by atoms with E-state index in [4.69, 9.17) is 4.74 Å². The van der Waals surface area contributed by atoms with E-state index in [2.05, 4.69) is 27.6 Å². The largest absolute Gasteiger partial charge is 0.451 e. The van der Waals surface area contributed by atoms with Crippen LogP contribution in [-0.4, -0.2) is 15.0 Å². The van der Waals surface area contributed by atoms with Crippen molar-refractivity contribution in [1.82, 2.24) is 15.0 Å². The molecular formula is C33H29F5N4O. The summed E-state index contributed by atoms with van der Waals surface area (Å²) in [6, 6.07) is 11.3. The summed E-state index contributed by atoms with van der Waals surface area (Å²) in [4.78, 5) is 9.63. The average Bonchev–Trinajstić information content (AvgIpc) is 3.68. The predicted molar refractivity (Wildman–Crippen MR) is 155 cm³/mol. The van der Waals surface area contributed by atoms with Gasteiger partial charge in [0.1, 0.15) is 28.6 Å². The van der Waals surface area contributed by atoms with Crippen LogP contribution in [-0.2, 0) is 11.8 Å². The first-order chi connectivity index (χ1) is 20.6. The number of aromatic nitrogens is 3. The molecule has 0 aliphatic heterocycles. The highest BCUT2D eigenvalue weighted by molar-refractivity contribution is 5.82. The number of hydrogen-bond donors (Lipinski definition) is 2. The Hall–Kier alpha value is -4.91. The van der Waals surface area contributed by atoms with Gasteiger partial charge in [0.25, 0.3) is 0 Å². The van der Waals surface area contributed by atoms with Gasteiger partial charge in [-0.25, -0.2) is 22.5 Å². The molecule has 0 spiro atoms. The molecule has 43 heavy (non-hydrogen) atoms. The number of ether oxygens (including phenoxy) is 1. The molecule has 0 amide bonds. The third kappa shape index (κ3) is 5.89. The van der Waals surface area contributed by atoms with Crippen molar-refractivity contribution in [3.8, 4) is 29.0 Å². The molecule has 0 radical (unpaired) electrons. The van der Waals surface area contributed by atoms with Crippen LogP contribution in [0.15, 0.2) is 67.5 Å². The number of aryl methyl sites for hydroxylation is 1. The highest BCUT2D eigenvalue weighted by atomic mass is 19.2. The van der Waals surface area contributed by atoms with Crippen LogP contribution in [0.1, 0.15) is 50.4 Å². The number of nitriles is 1. The van der Waals surface area contributed by atoms with Gasteiger partial charge in [-0.05, 0) is 67.3 Å². The predicted octanol–water partition coefficient (Wildman–Crippen LogP) is 9.41. The molecule has 0 saturated carbocycles. The van der Waals surface area contributed by atoms with E-state index in [1.165, 1.54) is 30.6 Å². The number of imidazole rings is 1. The molecule has 5 rings (SSSR count). The second-order valence-corrected chi connectivity index (χ2v) is 9.80. The molecule has 5 aromatic rings. The van der Waals surface area contributed by atoms with Crippen LogP contribution in [0.25, 0.3) is 22.3 Å². The van der Waals surface area contributed by atoms with Gasteiger partial charge in [0.15, 0.2) is 11.6 Å². The van der Waals surface area contributed by atoms with E-state index in [1.54, 1.807) is 19.1 Å². The minimum absolute atomic E-state index is 0.00409. The van der Waals surface area contributed by atoms with Crippen molar-refractivity contribution in [2.24, 2.45) is 0 Å². The van der Waals surface area contributed by atoms with Gasteiger partial charge >= 0.3 is 0 Å². The van der Waals surface area contributed by atoms with E-state index in [0.717, 1.165) is 30.2 Å². The Morgan fingerprint density at radius 2 is 1.77 bits per heavy atom. The molecule has 1 unspecified atom stereocenters. The number of nitrogens with zero attached hydrogens (tertiary/aromatic N) is 2. The maximum absolute atomic E-state index is 14.9. The molecule has 2 N–H and O–H groups in total. The Balaban J connectivity index is 0.00000135. The summed E-state index contributed by atoms with van der Waals surface area (Å²) in [5, 5.41) is 10.0. The molecule has 0 bridgehead atoms. The molecule has 5 nitrogen and oxygen atoms in total. The van der Waals surface area contributed by atoms with Gasteiger partial charge in [0.2, 0.25) is 11.6 Å². The second kappa shape index (κ2) is 12.9. The molecule has 3 aromatic carbocycles. The van der Waals surface area contributed by atoms with Gasteiger partial charge in [0.05, 0.1) is 29.0 Å². The summed E-state index contributed by atoms with van der Waals surface area (Å²) < 4.78 is 78.7. The minimum atomic E-state index is -1.54. The monoisotopic (exact) mass is 592 g/mol.